The van der Waals surface area contributed by atoms with Gasteiger partial charge in [-0.05, 0) is 34.1 Å². The van der Waals surface area contributed by atoms with Gasteiger partial charge in [-0.15, -0.1) is 11.3 Å². The zero-order valence-electron chi connectivity index (χ0n) is 15.0. The fourth-order valence-electron chi connectivity index (χ4n) is 2.62. The molecule has 1 aromatic heterocycles. The topological polar surface area (TPSA) is 91.8 Å². The average Bonchev–Trinajstić information content (AvgIpc) is 3.03. The van der Waals surface area contributed by atoms with Crippen LogP contribution in [0, 0.1) is 0 Å². The number of benzene rings is 1. The number of fused-ring (bicyclic) bond motifs is 1. The van der Waals surface area contributed by atoms with E-state index in [1.807, 2.05) is 0 Å². The number of anilines is 1. The van der Waals surface area contributed by atoms with Crippen LogP contribution < -0.4 is 10.1 Å². The van der Waals surface area contributed by atoms with Crippen LogP contribution in [-0.4, -0.2) is 55.7 Å². The average molecular weight is 475 g/mol. The number of carbonyl (C=O) groups is 1. The predicted molar refractivity (Wildman–Crippen MR) is 107 cm³/mol. The summed E-state index contributed by atoms with van der Waals surface area (Å²) in [4.78, 5) is 17.9. The van der Waals surface area contributed by atoms with Crippen molar-refractivity contribution in [3.63, 3.8) is 0 Å². The van der Waals surface area contributed by atoms with Crippen LogP contribution in [0.25, 0.3) is 0 Å². The van der Waals surface area contributed by atoms with Crippen molar-refractivity contribution in [3.8, 4) is 5.75 Å². The van der Waals surface area contributed by atoms with Crippen molar-refractivity contribution in [2.45, 2.75) is 13.0 Å². The zero-order chi connectivity index (χ0) is 19.8. The van der Waals surface area contributed by atoms with E-state index in [0.717, 1.165) is 10.6 Å². The molecule has 1 aliphatic heterocycles. The second-order valence-electron chi connectivity index (χ2n) is 6.06. The second kappa shape index (κ2) is 7.84. The van der Waals surface area contributed by atoms with Crippen molar-refractivity contribution < 1.29 is 17.9 Å². The van der Waals surface area contributed by atoms with Crippen molar-refractivity contribution in [2.24, 2.45) is 0 Å². The van der Waals surface area contributed by atoms with E-state index in [2.05, 4.69) is 26.2 Å². The van der Waals surface area contributed by atoms with Crippen LogP contribution in [0.15, 0.2) is 22.7 Å². The van der Waals surface area contributed by atoms with Gasteiger partial charge < -0.3 is 4.74 Å². The van der Waals surface area contributed by atoms with E-state index in [1.165, 1.54) is 41.2 Å². The minimum absolute atomic E-state index is 0.256. The molecule has 0 saturated heterocycles. The Morgan fingerprint density at radius 3 is 2.81 bits per heavy atom. The van der Waals surface area contributed by atoms with Crippen LogP contribution in [-0.2, 0) is 23.2 Å². The molecule has 11 heteroatoms. The number of ether oxygens (including phenoxy) is 1. The lowest BCUT2D eigenvalue weighted by molar-refractivity contribution is 0.102. The van der Waals surface area contributed by atoms with E-state index < -0.39 is 10.2 Å². The van der Waals surface area contributed by atoms with Crippen molar-refractivity contribution in [2.75, 3.05) is 33.1 Å². The van der Waals surface area contributed by atoms with E-state index in [1.54, 1.807) is 18.2 Å². The predicted octanol–water partition coefficient (Wildman–Crippen LogP) is 2.33. The first kappa shape index (κ1) is 20.2. The molecule has 0 fully saturated rings. The first-order chi connectivity index (χ1) is 12.7. The van der Waals surface area contributed by atoms with Gasteiger partial charge in [-0.2, -0.15) is 17.0 Å². The van der Waals surface area contributed by atoms with Gasteiger partial charge >= 0.3 is 0 Å². The molecule has 1 aliphatic rings. The highest BCUT2D eigenvalue weighted by Crippen LogP contribution is 2.31. The number of methoxy groups -OCH3 is 1. The van der Waals surface area contributed by atoms with Gasteiger partial charge in [0.05, 0.1) is 24.9 Å². The van der Waals surface area contributed by atoms with E-state index in [0.29, 0.717) is 33.9 Å². The molecule has 0 unspecified atom stereocenters. The number of hydrogen-bond donors (Lipinski definition) is 1. The summed E-state index contributed by atoms with van der Waals surface area (Å²) in [6, 6.07) is 5.13. The summed E-state index contributed by atoms with van der Waals surface area (Å²) in [6.07, 6.45) is 0.512. The number of amides is 1. The first-order valence-electron chi connectivity index (χ1n) is 8.03. The van der Waals surface area contributed by atoms with Gasteiger partial charge in [0, 0.05) is 36.4 Å². The van der Waals surface area contributed by atoms with Gasteiger partial charge in [0.1, 0.15) is 5.75 Å². The van der Waals surface area contributed by atoms with Crippen molar-refractivity contribution in [3.05, 3.63) is 38.8 Å². The highest BCUT2D eigenvalue weighted by molar-refractivity contribution is 9.10. The molecule has 0 saturated carbocycles. The summed E-state index contributed by atoms with van der Waals surface area (Å²) in [5.74, 6) is 0.260. The third-order valence-corrected chi connectivity index (χ3v) is 7.70. The molecule has 2 heterocycles. The van der Waals surface area contributed by atoms with E-state index in [4.69, 9.17) is 4.74 Å². The van der Waals surface area contributed by atoms with E-state index in [-0.39, 0.29) is 12.5 Å². The molecule has 146 valence electrons. The molecule has 8 nitrogen and oxygen atoms in total. The molecule has 3 rings (SSSR count). The third kappa shape index (κ3) is 4.16. The highest BCUT2D eigenvalue weighted by atomic mass is 79.9. The first-order valence-corrected chi connectivity index (χ1v) is 11.0. The maximum Gasteiger partial charge on any atom is 0.281 e. The Bertz CT molecular complexity index is 975. The SMILES string of the molecule is COc1ccc(Br)c(C(=O)Nc2nc3c(s2)CN(S(=O)(=O)N(C)C)CC3)c1. The van der Waals surface area contributed by atoms with Crippen molar-refractivity contribution >= 4 is 48.5 Å². The van der Waals surface area contributed by atoms with Gasteiger partial charge in [0.25, 0.3) is 16.1 Å². The molecule has 27 heavy (non-hydrogen) atoms. The number of aromatic nitrogens is 1. The molecule has 0 spiro atoms. The zero-order valence-corrected chi connectivity index (χ0v) is 18.2. The van der Waals surface area contributed by atoms with Crippen LogP contribution in [0.4, 0.5) is 5.13 Å². The monoisotopic (exact) mass is 474 g/mol. The standard InChI is InChI=1S/C16H19BrN4O4S2/c1-20(2)27(23,24)21-7-6-13-14(9-21)26-16(18-13)19-15(22)11-8-10(25-3)4-5-12(11)17/h4-5,8H,6-7,9H2,1-3H3,(H,18,19,22). The Morgan fingerprint density at radius 2 is 2.15 bits per heavy atom. The van der Waals surface area contributed by atoms with Gasteiger partial charge in [-0.1, -0.05) is 0 Å². The normalized spacial score (nSPS) is 14.9. The fourth-order valence-corrected chi connectivity index (χ4v) is 5.23. The minimum atomic E-state index is -3.47. The van der Waals surface area contributed by atoms with Crippen LogP contribution in [0.1, 0.15) is 20.9 Å². The maximum absolute atomic E-state index is 12.6. The molecule has 2 aromatic rings. The summed E-state index contributed by atoms with van der Waals surface area (Å²) in [5.41, 5.74) is 1.25. The van der Waals surface area contributed by atoms with Crippen molar-refractivity contribution in [1.82, 2.24) is 13.6 Å². The molecular weight excluding hydrogens is 456 g/mol. The number of hydrogen-bond acceptors (Lipinski definition) is 6. The lowest BCUT2D eigenvalue weighted by Gasteiger charge is -2.27. The molecule has 1 amide bonds. The Morgan fingerprint density at radius 1 is 1.41 bits per heavy atom. The number of nitrogens with one attached hydrogen (secondary N) is 1. The van der Waals surface area contributed by atoms with Gasteiger partial charge in [0.2, 0.25) is 0 Å². The van der Waals surface area contributed by atoms with Crippen LogP contribution >= 0.6 is 27.3 Å². The number of rotatable bonds is 5. The van der Waals surface area contributed by atoms with E-state index in [9.17, 15) is 13.2 Å². The minimum Gasteiger partial charge on any atom is -0.497 e. The van der Waals surface area contributed by atoms with Crippen LogP contribution in [0.5, 0.6) is 5.75 Å². The molecule has 1 N–H and O–H groups in total. The molecule has 0 radical (unpaired) electrons. The number of nitrogens with zero attached hydrogens (tertiary/aromatic N) is 3. The summed E-state index contributed by atoms with van der Waals surface area (Å²) in [6.45, 7) is 0.623. The second-order valence-corrected chi connectivity index (χ2v) is 10.1. The Balaban J connectivity index is 1.78. The van der Waals surface area contributed by atoms with Gasteiger partial charge in [-0.3, -0.25) is 10.1 Å². The largest absolute Gasteiger partial charge is 0.497 e. The molecular formula is C16H19BrN4O4S2. The number of carbonyl (C=O) groups excluding carboxylic acids is 1. The smallest absolute Gasteiger partial charge is 0.281 e. The lowest BCUT2D eigenvalue weighted by atomic mass is 10.2. The van der Waals surface area contributed by atoms with Crippen molar-refractivity contribution in [1.29, 1.82) is 0 Å². The third-order valence-electron chi connectivity index (χ3n) is 4.12. The number of thiazole rings is 1. The quantitative estimate of drug-likeness (QED) is 0.717. The van der Waals surface area contributed by atoms with Crippen LogP contribution in [0.3, 0.4) is 0 Å². The molecule has 0 bridgehead atoms. The Kier molecular flexibility index (Phi) is 5.87. The lowest BCUT2D eigenvalue weighted by Crippen LogP contribution is -2.42. The number of halogens is 1. The maximum atomic E-state index is 12.6. The molecule has 0 aliphatic carbocycles. The Labute approximate surface area is 170 Å². The summed E-state index contributed by atoms with van der Waals surface area (Å²) < 4.78 is 33.0. The fraction of sp³-hybridized carbons (Fsp3) is 0.375. The highest BCUT2D eigenvalue weighted by Gasteiger charge is 2.30. The summed E-state index contributed by atoms with van der Waals surface area (Å²) in [7, 11) is 1.08. The van der Waals surface area contributed by atoms with Gasteiger partial charge in [0.15, 0.2) is 5.13 Å². The van der Waals surface area contributed by atoms with Crippen LogP contribution in [0.2, 0.25) is 0 Å². The summed E-state index contributed by atoms with van der Waals surface area (Å²) >= 11 is 4.65. The molecule has 0 atom stereocenters. The van der Waals surface area contributed by atoms with E-state index >= 15 is 0 Å². The summed E-state index contributed by atoms with van der Waals surface area (Å²) in [5, 5.41) is 3.24. The Hall–Kier alpha value is -1.53. The molecule has 1 aromatic carbocycles. The van der Waals surface area contributed by atoms with Gasteiger partial charge in [-0.25, -0.2) is 4.98 Å².